The van der Waals surface area contributed by atoms with Crippen molar-refractivity contribution < 1.29 is 14.3 Å². The van der Waals surface area contributed by atoms with Gasteiger partial charge in [-0.15, -0.1) is 0 Å². The molecule has 0 atom stereocenters. The van der Waals surface area contributed by atoms with Gasteiger partial charge in [-0.1, -0.05) is 12.1 Å². The molecule has 3 aromatic rings. The third-order valence-corrected chi connectivity index (χ3v) is 4.05. The number of pyridine rings is 2. The van der Waals surface area contributed by atoms with Crippen molar-refractivity contribution in [3.05, 3.63) is 68.6 Å². The summed E-state index contributed by atoms with van der Waals surface area (Å²) >= 11 is 3.19. The Hall–Kier alpha value is -2.54. The zero-order valence-electron chi connectivity index (χ0n) is 11.9. The number of carboxylic acid groups (broad SMARTS) is 1. The molecular weight excluding hydrogens is 367 g/mol. The van der Waals surface area contributed by atoms with Crippen molar-refractivity contribution in [2.24, 2.45) is 0 Å². The van der Waals surface area contributed by atoms with Gasteiger partial charge in [-0.3, -0.25) is 9.36 Å². The van der Waals surface area contributed by atoms with Crippen LogP contribution in [-0.2, 0) is 0 Å². The minimum absolute atomic E-state index is 0.0846. The van der Waals surface area contributed by atoms with Crippen molar-refractivity contribution in [1.82, 2.24) is 9.55 Å². The minimum Gasteiger partial charge on any atom is -0.478 e. The Morgan fingerprint density at radius 2 is 2.04 bits per heavy atom. The Morgan fingerprint density at radius 1 is 1.30 bits per heavy atom. The van der Waals surface area contributed by atoms with Crippen LogP contribution in [0.25, 0.3) is 16.5 Å². The number of hydrogen-bond donors (Lipinski definition) is 1. The molecule has 7 heteroatoms. The number of halogens is 2. The fourth-order valence-electron chi connectivity index (χ4n) is 2.60. The smallest absolute Gasteiger partial charge is 0.338 e. The highest BCUT2D eigenvalue weighted by molar-refractivity contribution is 9.10. The van der Waals surface area contributed by atoms with Crippen molar-refractivity contribution in [3.63, 3.8) is 0 Å². The zero-order chi connectivity index (χ0) is 16.7. The zero-order valence-corrected chi connectivity index (χ0v) is 13.5. The SMILES string of the molecule is Cc1c(C(=O)O)c2cccc(F)c2c(=O)n1-c1ccc(Br)nc1. The number of aromatic carboxylic acids is 1. The number of carbonyl (C=O) groups is 1. The van der Waals surface area contributed by atoms with Gasteiger partial charge in [-0.25, -0.2) is 14.2 Å². The maximum Gasteiger partial charge on any atom is 0.338 e. The highest BCUT2D eigenvalue weighted by atomic mass is 79.9. The second kappa shape index (κ2) is 5.58. The van der Waals surface area contributed by atoms with Crippen LogP contribution in [0.1, 0.15) is 16.1 Å². The number of hydrogen-bond acceptors (Lipinski definition) is 3. The Labute approximate surface area is 138 Å². The third-order valence-electron chi connectivity index (χ3n) is 3.58. The predicted molar refractivity (Wildman–Crippen MR) is 86.7 cm³/mol. The predicted octanol–water partition coefficient (Wildman–Crippen LogP) is 3.29. The molecular formula is C16H10BrFN2O3. The molecule has 2 heterocycles. The van der Waals surface area contributed by atoms with Gasteiger partial charge >= 0.3 is 5.97 Å². The van der Waals surface area contributed by atoms with E-state index >= 15 is 0 Å². The van der Waals surface area contributed by atoms with E-state index < -0.39 is 17.3 Å². The van der Waals surface area contributed by atoms with E-state index in [-0.39, 0.29) is 22.0 Å². The van der Waals surface area contributed by atoms with Crippen LogP contribution in [0.15, 0.2) is 45.9 Å². The highest BCUT2D eigenvalue weighted by Gasteiger charge is 2.21. The largest absolute Gasteiger partial charge is 0.478 e. The summed E-state index contributed by atoms with van der Waals surface area (Å²) in [4.78, 5) is 28.4. The maximum atomic E-state index is 14.2. The summed E-state index contributed by atoms with van der Waals surface area (Å²) in [5.74, 6) is -1.98. The average Bonchev–Trinajstić information content (AvgIpc) is 2.48. The fraction of sp³-hybridized carbons (Fsp3) is 0.0625. The van der Waals surface area contributed by atoms with E-state index in [4.69, 9.17) is 0 Å². The molecule has 0 saturated heterocycles. The van der Waals surface area contributed by atoms with Crippen molar-refractivity contribution in [2.75, 3.05) is 0 Å². The first-order valence-corrected chi connectivity index (χ1v) is 7.40. The Morgan fingerprint density at radius 3 is 2.65 bits per heavy atom. The van der Waals surface area contributed by atoms with E-state index in [1.807, 2.05) is 0 Å². The van der Waals surface area contributed by atoms with E-state index in [0.717, 1.165) is 10.6 Å². The van der Waals surface area contributed by atoms with E-state index in [9.17, 15) is 19.1 Å². The molecule has 0 bridgehead atoms. The second-order valence-electron chi connectivity index (χ2n) is 4.91. The Bertz CT molecular complexity index is 997. The molecule has 0 fully saturated rings. The molecule has 0 aliphatic carbocycles. The molecule has 0 amide bonds. The highest BCUT2D eigenvalue weighted by Crippen LogP contribution is 2.23. The number of fused-ring (bicyclic) bond motifs is 1. The fourth-order valence-corrected chi connectivity index (χ4v) is 2.84. The monoisotopic (exact) mass is 376 g/mol. The molecule has 3 rings (SSSR count). The van der Waals surface area contributed by atoms with E-state index in [1.165, 1.54) is 25.3 Å². The van der Waals surface area contributed by atoms with Gasteiger partial charge < -0.3 is 5.11 Å². The number of rotatable bonds is 2. The van der Waals surface area contributed by atoms with Crippen LogP contribution in [0.4, 0.5) is 4.39 Å². The lowest BCUT2D eigenvalue weighted by Crippen LogP contribution is -2.25. The van der Waals surface area contributed by atoms with Gasteiger partial charge in [-0.05, 0) is 41.1 Å². The molecule has 2 aromatic heterocycles. The second-order valence-corrected chi connectivity index (χ2v) is 5.72. The Kier molecular flexibility index (Phi) is 3.73. The van der Waals surface area contributed by atoms with Crippen molar-refractivity contribution in [1.29, 1.82) is 0 Å². The summed E-state index contributed by atoms with van der Waals surface area (Å²) in [5.41, 5.74) is -0.153. The first-order valence-electron chi connectivity index (χ1n) is 6.61. The molecule has 1 N–H and O–H groups in total. The molecule has 0 saturated carbocycles. The van der Waals surface area contributed by atoms with Crippen LogP contribution < -0.4 is 5.56 Å². The van der Waals surface area contributed by atoms with Crippen molar-refractivity contribution >= 4 is 32.7 Å². The van der Waals surface area contributed by atoms with Crippen molar-refractivity contribution in [3.8, 4) is 5.69 Å². The van der Waals surface area contributed by atoms with E-state index in [2.05, 4.69) is 20.9 Å². The van der Waals surface area contributed by atoms with Crippen molar-refractivity contribution in [2.45, 2.75) is 6.92 Å². The summed E-state index contributed by atoms with van der Waals surface area (Å²) in [5, 5.41) is 9.33. The van der Waals surface area contributed by atoms with Gasteiger partial charge in [0.2, 0.25) is 0 Å². The number of aromatic nitrogens is 2. The molecule has 0 radical (unpaired) electrons. The number of benzene rings is 1. The lowest BCUT2D eigenvalue weighted by atomic mass is 10.0. The molecule has 0 aliphatic rings. The summed E-state index contributed by atoms with van der Waals surface area (Å²) in [6, 6.07) is 7.17. The first-order chi connectivity index (χ1) is 10.9. The lowest BCUT2D eigenvalue weighted by Gasteiger charge is -2.15. The van der Waals surface area contributed by atoms with Gasteiger partial charge in [0.1, 0.15) is 10.4 Å². The molecule has 116 valence electrons. The standard InChI is InChI=1S/C16H10BrFN2O3/c1-8-13(16(22)23)10-3-2-4-11(18)14(10)15(21)20(8)9-5-6-12(17)19-7-9/h2-7H,1H3,(H,22,23). The van der Waals surface area contributed by atoms with E-state index in [0.29, 0.717) is 10.3 Å². The minimum atomic E-state index is -1.23. The summed E-state index contributed by atoms with van der Waals surface area (Å²) in [6.45, 7) is 1.51. The van der Waals surface area contributed by atoms with Crippen LogP contribution in [0.5, 0.6) is 0 Å². The maximum absolute atomic E-state index is 14.2. The van der Waals surface area contributed by atoms with Crippen LogP contribution in [0.2, 0.25) is 0 Å². The van der Waals surface area contributed by atoms with Crippen LogP contribution in [0, 0.1) is 12.7 Å². The van der Waals surface area contributed by atoms with Gasteiger partial charge in [0.25, 0.3) is 5.56 Å². The van der Waals surface area contributed by atoms with Crippen LogP contribution >= 0.6 is 15.9 Å². The van der Waals surface area contributed by atoms with Gasteiger partial charge in [0.15, 0.2) is 0 Å². The van der Waals surface area contributed by atoms with Crippen LogP contribution in [-0.4, -0.2) is 20.6 Å². The van der Waals surface area contributed by atoms with Gasteiger partial charge in [-0.2, -0.15) is 0 Å². The molecule has 5 nitrogen and oxygen atoms in total. The molecule has 0 unspecified atom stereocenters. The number of carboxylic acids is 1. The molecule has 0 aliphatic heterocycles. The summed E-state index contributed by atoms with van der Waals surface area (Å²) in [7, 11) is 0. The van der Waals surface area contributed by atoms with E-state index in [1.54, 1.807) is 12.1 Å². The van der Waals surface area contributed by atoms with Gasteiger partial charge in [0.05, 0.1) is 22.8 Å². The summed E-state index contributed by atoms with van der Waals surface area (Å²) < 4.78 is 15.9. The molecule has 23 heavy (non-hydrogen) atoms. The molecule has 0 spiro atoms. The van der Waals surface area contributed by atoms with Crippen LogP contribution in [0.3, 0.4) is 0 Å². The van der Waals surface area contributed by atoms with Gasteiger partial charge in [0, 0.05) is 11.1 Å². The topological polar surface area (TPSA) is 72.2 Å². The average molecular weight is 377 g/mol. The quantitative estimate of drug-likeness (QED) is 0.696. The lowest BCUT2D eigenvalue weighted by molar-refractivity contribution is 0.0697. The third kappa shape index (κ3) is 2.43. The Balaban J connectivity index is 2.53. The number of nitrogens with zero attached hydrogens (tertiary/aromatic N) is 2. The normalized spacial score (nSPS) is 10.9. The molecule has 1 aromatic carbocycles. The first kappa shape index (κ1) is 15.4. The summed E-state index contributed by atoms with van der Waals surface area (Å²) in [6.07, 6.45) is 1.41.